The molecule has 0 aliphatic rings. The van der Waals surface area contributed by atoms with Crippen molar-refractivity contribution in [2.24, 2.45) is 0 Å². The predicted molar refractivity (Wildman–Crippen MR) is 143 cm³/mol. The molecule has 0 unspecified atom stereocenters. The molecule has 4 aromatic rings. The molecule has 4 aromatic carbocycles. The van der Waals surface area contributed by atoms with Crippen molar-refractivity contribution in [3.8, 4) is 28.4 Å². The number of hydrogen-bond acceptors (Lipinski definition) is 5. The van der Waals surface area contributed by atoms with Gasteiger partial charge in [0.1, 0.15) is 5.75 Å². The fraction of sp³-hybridized carbons (Fsp3) is 0.103. The molecule has 37 heavy (non-hydrogen) atoms. The first kappa shape index (κ1) is 25.8. The van der Waals surface area contributed by atoms with E-state index >= 15 is 0 Å². The third-order valence-corrected chi connectivity index (χ3v) is 6.28. The maximum absolute atomic E-state index is 13.5. The largest absolute Gasteiger partial charge is 0.511 e. The Bertz CT molecular complexity index is 1400. The van der Waals surface area contributed by atoms with Crippen molar-refractivity contribution in [1.29, 1.82) is 0 Å². The Kier molecular flexibility index (Phi) is 8.10. The number of carbonyl (C=O) groups excluding carboxylic acids is 1. The van der Waals surface area contributed by atoms with E-state index in [0.717, 1.165) is 21.2 Å². The van der Waals surface area contributed by atoms with Gasteiger partial charge in [0, 0.05) is 28.7 Å². The standard InChI is InChI=1S/C29H24BrNO6/c1-36-26-5-3-2-4-23(26)18-31(28(33)21-10-13-24(30)14-11-21)17-19-6-8-20(9-7-19)22-12-15-25(32)27(16-22)37-29(34)35/h2-16,32H,17-18H2,1H3,(H,34,35). The molecular weight excluding hydrogens is 538 g/mol. The van der Waals surface area contributed by atoms with Gasteiger partial charge >= 0.3 is 6.16 Å². The SMILES string of the molecule is COc1ccccc1CN(Cc1ccc(-c2ccc(O)c(OC(=O)O)c2)cc1)C(=O)c1ccc(Br)cc1. The first-order valence-corrected chi connectivity index (χ1v) is 12.1. The lowest BCUT2D eigenvalue weighted by molar-refractivity contribution is 0.0728. The minimum atomic E-state index is -1.51. The third-order valence-electron chi connectivity index (χ3n) is 5.75. The number of carboxylic acid groups (broad SMARTS) is 1. The number of phenolic OH excluding ortho intramolecular Hbond substituents is 1. The second-order valence-electron chi connectivity index (χ2n) is 8.23. The van der Waals surface area contributed by atoms with Crippen molar-refractivity contribution in [3.63, 3.8) is 0 Å². The molecule has 0 fully saturated rings. The molecule has 0 spiro atoms. The number of methoxy groups -OCH3 is 1. The van der Waals surface area contributed by atoms with Crippen LogP contribution in [0.15, 0.2) is 95.5 Å². The van der Waals surface area contributed by atoms with Gasteiger partial charge in [-0.3, -0.25) is 4.79 Å². The van der Waals surface area contributed by atoms with E-state index in [9.17, 15) is 14.7 Å². The average molecular weight is 562 g/mol. The topological polar surface area (TPSA) is 96.3 Å². The summed E-state index contributed by atoms with van der Waals surface area (Å²) in [7, 11) is 1.61. The maximum Gasteiger partial charge on any atom is 0.511 e. The number of halogens is 1. The molecule has 0 aromatic heterocycles. The number of carbonyl (C=O) groups is 2. The van der Waals surface area contributed by atoms with Gasteiger partial charge in [-0.1, -0.05) is 64.5 Å². The molecule has 0 aliphatic heterocycles. The van der Waals surface area contributed by atoms with Crippen molar-refractivity contribution >= 4 is 28.0 Å². The van der Waals surface area contributed by atoms with Crippen molar-refractivity contribution in [1.82, 2.24) is 4.90 Å². The molecule has 188 valence electrons. The van der Waals surface area contributed by atoms with Crippen LogP contribution in [0, 0.1) is 0 Å². The van der Waals surface area contributed by atoms with Crippen molar-refractivity contribution in [2.75, 3.05) is 7.11 Å². The molecule has 0 radical (unpaired) electrons. The number of hydrogen-bond donors (Lipinski definition) is 2. The van der Waals surface area contributed by atoms with Gasteiger partial charge in [-0.15, -0.1) is 0 Å². The van der Waals surface area contributed by atoms with Gasteiger partial charge in [-0.2, -0.15) is 0 Å². The summed E-state index contributed by atoms with van der Waals surface area (Å²) in [5, 5.41) is 18.7. The van der Waals surface area contributed by atoms with Crippen LogP contribution in [0.25, 0.3) is 11.1 Å². The van der Waals surface area contributed by atoms with Crippen molar-refractivity contribution in [2.45, 2.75) is 13.1 Å². The van der Waals surface area contributed by atoms with Crippen LogP contribution < -0.4 is 9.47 Å². The Morgan fingerprint density at radius 1 is 0.838 bits per heavy atom. The highest BCUT2D eigenvalue weighted by atomic mass is 79.9. The fourth-order valence-corrected chi connectivity index (χ4v) is 4.17. The highest BCUT2D eigenvalue weighted by molar-refractivity contribution is 9.10. The van der Waals surface area contributed by atoms with Crippen LogP contribution >= 0.6 is 15.9 Å². The smallest absolute Gasteiger partial charge is 0.504 e. The molecule has 0 atom stereocenters. The number of benzene rings is 4. The van der Waals surface area contributed by atoms with E-state index < -0.39 is 6.16 Å². The van der Waals surface area contributed by atoms with Crippen LogP contribution in [0.4, 0.5) is 4.79 Å². The lowest BCUT2D eigenvalue weighted by atomic mass is 10.0. The van der Waals surface area contributed by atoms with E-state index in [4.69, 9.17) is 9.84 Å². The van der Waals surface area contributed by atoms with E-state index in [1.165, 1.54) is 12.1 Å². The molecule has 4 rings (SSSR count). The van der Waals surface area contributed by atoms with Gasteiger partial charge in [0.25, 0.3) is 5.91 Å². The van der Waals surface area contributed by atoms with Crippen molar-refractivity contribution < 1.29 is 29.3 Å². The van der Waals surface area contributed by atoms with Crippen LogP contribution in [0.3, 0.4) is 0 Å². The molecule has 8 heteroatoms. The Morgan fingerprint density at radius 3 is 2.19 bits per heavy atom. The summed E-state index contributed by atoms with van der Waals surface area (Å²) < 4.78 is 11.0. The summed E-state index contributed by atoms with van der Waals surface area (Å²) >= 11 is 3.41. The zero-order valence-electron chi connectivity index (χ0n) is 19.9. The van der Waals surface area contributed by atoms with Crippen LogP contribution in [0.1, 0.15) is 21.5 Å². The monoisotopic (exact) mass is 561 g/mol. The molecule has 0 bridgehead atoms. The van der Waals surface area contributed by atoms with E-state index in [1.54, 1.807) is 30.2 Å². The summed E-state index contributed by atoms with van der Waals surface area (Å²) in [5.74, 6) is 0.188. The van der Waals surface area contributed by atoms with Crippen molar-refractivity contribution in [3.05, 3.63) is 112 Å². The number of phenols is 1. The Labute approximate surface area is 222 Å². The second-order valence-corrected chi connectivity index (χ2v) is 9.14. The molecule has 2 N–H and O–H groups in total. The lowest BCUT2D eigenvalue weighted by Gasteiger charge is -2.24. The first-order valence-electron chi connectivity index (χ1n) is 11.3. The van der Waals surface area contributed by atoms with Crippen LogP contribution in [0.5, 0.6) is 17.2 Å². The Balaban J connectivity index is 1.60. The highest BCUT2D eigenvalue weighted by Crippen LogP contribution is 2.32. The second kappa shape index (κ2) is 11.6. The van der Waals surface area contributed by atoms with Gasteiger partial charge in [0.15, 0.2) is 11.5 Å². The molecule has 0 heterocycles. The van der Waals surface area contributed by atoms with Crippen LogP contribution in [0.2, 0.25) is 0 Å². The predicted octanol–water partition coefficient (Wildman–Crippen LogP) is 6.73. The van der Waals surface area contributed by atoms with Crippen LogP contribution in [-0.4, -0.2) is 34.3 Å². The third kappa shape index (κ3) is 6.48. The quantitative estimate of drug-likeness (QED) is 0.183. The summed E-state index contributed by atoms with van der Waals surface area (Å²) in [5.41, 5.74) is 3.85. The van der Waals surface area contributed by atoms with E-state index in [-0.39, 0.29) is 17.4 Å². The van der Waals surface area contributed by atoms with Gasteiger partial charge in [-0.05, 0) is 59.2 Å². The minimum Gasteiger partial charge on any atom is -0.504 e. The number of aromatic hydroxyl groups is 1. The zero-order chi connectivity index (χ0) is 26.4. The number of rotatable bonds is 8. The zero-order valence-corrected chi connectivity index (χ0v) is 21.5. The number of nitrogens with zero attached hydrogens (tertiary/aromatic N) is 1. The Morgan fingerprint density at radius 2 is 1.51 bits per heavy atom. The normalized spacial score (nSPS) is 10.5. The molecule has 1 amide bonds. The highest BCUT2D eigenvalue weighted by Gasteiger charge is 2.19. The van der Waals surface area contributed by atoms with E-state index in [0.29, 0.717) is 30.0 Å². The number of ether oxygens (including phenoxy) is 2. The minimum absolute atomic E-state index is 0.114. The lowest BCUT2D eigenvalue weighted by Crippen LogP contribution is -2.30. The van der Waals surface area contributed by atoms with E-state index in [1.807, 2.05) is 60.7 Å². The Hall–Kier alpha value is -4.30. The fourth-order valence-electron chi connectivity index (χ4n) is 3.91. The van der Waals surface area contributed by atoms with Gasteiger partial charge in [-0.25, -0.2) is 4.79 Å². The summed E-state index contributed by atoms with van der Waals surface area (Å²) in [4.78, 5) is 26.1. The van der Waals surface area contributed by atoms with Gasteiger partial charge in [0.05, 0.1) is 7.11 Å². The number of para-hydroxylation sites is 1. The average Bonchev–Trinajstić information content (AvgIpc) is 2.90. The molecule has 7 nitrogen and oxygen atoms in total. The summed E-state index contributed by atoms with van der Waals surface area (Å²) in [6.45, 7) is 0.713. The molecular formula is C29H24BrNO6. The van der Waals surface area contributed by atoms with Gasteiger partial charge < -0.3 is 24.6 Å². The summed E-state index contributed by atoms with van der Waals surface area (Å²) in [6, 6.07) is 26.9. The van der Waals surface area contributed by atoms with Gasteiger partial charge in [0.2, 0.25) is 0 Å². The summed E-state index contributed by atoms with van der Waals surface area (Å²) in [6.07, 6.45) is -1.51. The number of amides is 1. The molecule has 0 saturated carbocycles. The first-order chi connectivity index (χ1) is 17.8. The maximum atomic E-state index is 13.5. The van der Waals surface area contributed by atoms with Crippen LogP contribution in [-0.2, 0) is 13.1 Å². The van der Waals surface area contributed by atoms with E-state index in [2.05, 4.69) is 20.7 Å². The molecule has 0 aliphatic carbocycles. The molecule has 0 saturated heterocycles.